The van der Waals surface area contributed by atoms with E-state index in [-0.39, 0.29) is 47.9 Å². The number of rotatable bonds is 6. The number of carbonyl (C=O) groups is 1. The van der Waals surface area contributed by atoms with E-state index in [1.807, 2.05) is 6.92 Å². The average molecular weight is 399 g/mol. The Labute approximate surface area is 162 Å². The van der Waals surface area contributed by atoms with Crippen LogP contribution in [0.15, 0.2) is 18.2 Å². The van der Waals surface area contributed by atoms with Crippen LogP contribution in [0.4, 0.5) is 4.39 Å². The van der Waals surface area contributed by atoms with Gasteiger partial charge in [-0.1, -0.05) is 11.6 Å². The van der Waals surface area contributed by atoms with Gasteiger partial charge in [-0.05, 0) is 50.2 Å². The molecule has 4 fully saturated rings. The van der Waals surface area contributed by atoms with Gasteiger partial charge in [-0.2, -0.15) is 0 Å². The predicted octanol–water partition coefficient (Wildman–Crippen LogP) is 1.48. The molecule has 5 rings (SSSR count). The fourth-order valence-corrected chi connectivity index (χ4v) is 4.23. The minimum atomic E-state index is -0.567. The highest BCUT2D eigenvalue weighted by Crippen LogP contribution is 2.45. The molecule has 148 valence electrons. The second-order valence-corrected chi connectivity index (χ2v) is 7.89. The molecule has 3 saturated carbocycles. The Hall–Kier alpha value is -1.45. The van der Waals surface area contributed by atoms with Gasteiger partial charge >= 0.3 is 0 Å². The van der Waals surface area contributed by atoms with Gasteiger partial charge in [0.15, 0.2) is 13.0 Å². The first-order valence-corrected chi connectivity index (χ1v) is 9.65. The standard InChI is InChI=1S/C18H24ClFN4O3/c1-9-23-24-18(27-9)22-16-7-15(10-4-11(16)5-10)21-17(25)8-26-12-2-3-13(19)14(20)6-12/h2-3,6,9-11,15-16,18,22-24H,4-5,7-8H2,1H3,(H,21,25)/t9?,10?,11?,15?,16-,18?/m1/s1. The van der Waals surface area contributed by atoms with Gasteiger partial charge in [-0.3, -0.25) is 10.1 Å². The summed E-state index contributed by atoms with van der Waals surface area (Å²) < 4.78 is 24.5. The summed E-state index contributed by atoms with van der Waals surface area (Å²) in [6, 6.07) is 4.52. The Morgan fingerprint density at radius 1 is 1.30 bits per heavy atom. The lowest BCUT2D eigenvalue weighted by Gasteiger charge is -2.52. The van der Waals surface area contributed by atoms with E-state index in [9.17, 15) is 9.18 Å². The molecule has 7 nitrogen and oxygen atoms in total. The van der Waals surface area contributed by atoms with Crippen molar-refractivity contribution in [3.63, 3.8) is 0 Å². The van der Waals surface area contributed by atoms with Crippen molar-refractivity contribution in [1.29, 1.82) is 0 Å². The third-order valence-corrected chi connectivity index (χ3v) is 5.89. The lowest BCUT2D eigenvalue weighted by atomic mass is 9.60. The summed E-state index contributed by atoms with van der Waals surface area (Å²) in [4.78, 5) is 12.3. The number of amides is 1. The van der Waals surface area contributed by atoms with E-state index in [1.54, 1.807) is 6.07 Å². The Kier molecular flexibility index (Phi) is 5.52. The average Bonchev–Trinajstić information content (AvgIpc) is 2.99. The second kappa shape index (κ2) is 7.89. The molecule has 1 heterocycles. The topological polar surface area (TPSA) is 83.7 Å². The minimum Gasteiger partial charge on any atom is -0.484 e. The number of ether oxygens (including phenoxy) is 2. The zero-order chi connectivity index (χ0) is 19.0. The highest BCUT2D eigenvalue weighted by Gasteiger charge is 2.47. The van der Waals surface area contributed by atoms with E-state index in [0.29, 0.717) is 11.8 Å². The van der Waals surface area contributed by atoms with Crippen LogP contribution in [0.5, 0.6) is 5.75 Å². The second-order valence-electron chi connectivity index (χ2n) is 7.49. The highest BCUT2D eigenvalue weighted by molar-refractivity contribution is 6.30. The van der Waals surface area contributed by atoms with Crippen molar-refractivity contribution in [2.75, 3.05) is 6.61 Å². The molecule has 3 unspecified atom stereocenters. The van der Waals surface area contributed by atoms with E-state index >= 15 is 0 Å². The fourth-order valence-electron chi connectivity index (χ4n) is 4.11. The van der Waals surface area contributed by atoms with Crippen LogP contribution in [0.3, 0.4) is 0 Å². The molecule has 1 saturated heterocycles. The van der Waals surface area contributed by atoms with Crippen LogP contribution in [0.1, 0.15) is 26.2 Å². The van der Waals surface area contributed by atoms with Crippen LogP contribution in [-0.4, -0.2) is 37.2 Å². The third kappa shape index (κ3) is 4.35. The van der Waals surface area contributed by atoms with E-state index < -0.39 is 5.82 Å². The number of benzene rings is 1. The van der Waals surface area contributed by atoms with Gasteiger partial charge in [0.05, 0.1) is 5.02 Å². The van der Waals surface area contributed by atoms with Crippen LogP contribution in [0.25, 0.3) is 0 Å². The molecule has 1 aliphatic heterocycles. The van der Waals surface area contributed by atoms with Crippen molar-refractivity contribution in [1.82, 2.24) is 21.5 Å². The molecule has 1 aromatic carbocycles. The van der Waals surface area contributed by atoms with Gasteiger partial charge in [-0.25, -0.2) is 15.2 Å². The number of carbonyl (C=O) groups excluding carboxylic acids is 1. The first-order valence-electron chi connectivity index (χ1n) is 9.27. The first kappa shape index (κ1) is 18.9. The molecular formula is C18H24ClFN4O3. The maximum Gasteiger partial charge on any atom is 0.258 e. The number of hydrazine groups is 1. The number of fused-ring (bicyclic) bond motifs is 2. The van der Waals surface area contributed by atoms with Gasteiger partial charge in [-0.15, -0.1) is 0 Å². The van der Waals surface area contributed by atoms with Gasteiger partial charge in [0.1, 0.15) is 17.8 Å². The quantitative estimate of drug-likeness (QED) is 0.581. The zero-order valence-corrected chi connectivity index (χ0v) is 15.8. The van der Waals surface area contributed by atoms with Gasteiger partial charge < -0.3 is 14.8 Å². The van der Waals surface area contributed by atoms with E-state index in [0.717, 1.165) is 19.3 Å². The molecule has 1 aromatic rings. The zero-order valence-electron chi connectivity index (χ0n) is 15.0. The molecule has 4 atom stereocenters. The number of halogens is 2. The van der Waals surface area contributed by atoms with Crippen LogP contribution >= 0.6 is 11.6 Å². The summed E-state index contributed by atoms with van der Waals surface area (Å²) in [5, 5.41) is 6.57. The molecule has 9 heteroatoms. The summed E-state index contributed by atoms with van der Waals surface area (Å²) in [5.41, 5.74) is 6.08. The van der Waals surface area contributed by atoms with E-state index in [2.05, 4.69) is 21.5 Å². The summed E-state index contributed by atoms with van der Waals surface area (Å²) in [7, 11) is 0. The van der Waals surface area contributed by atoms with Crippen molar-refractivity contribution >= 4 is 17.5 Å². The lowest BCUT2D eigenvalue weighted by Crippen LogP contribution is -2.62. The summed E-state index contributed by atoms with van der Waals surface area (Å²) in [6.45, 7) is 1.78. The van der Waals surface area contributed by atoms with Crippen molar-refractivity contribution < 1.29 is 18.7 Å². The summed E-state index contributed by atoms with van der Waals surface area (Å²) >= 11 is 5.64. The van der Waals surface area contributed by atoms with Crippen LogP contribution in [0.2, 0.25) is 5.02 Å². The Morgan fingerprint density at radius 3 is 2.78 bits per heavy atom. The molecule has 27 heavy (non-hydrogen) atoms. The first-order chi connectivity index (χ1) is 13.0. The van der Waals surface area contributed by atoms with E-state index in [1.165, 1.54) is 12.1 Å². The van der Waals surface area contributed by atoms with Crippen molar-refractivity contribution in [2.45, 2.75) is 50.8 Å². The number of hydrogen-bond acceptors (Lipinski definition) is 6. The Balaban J connectivity index is 1.26. The van der Waals surface area contributed by atoms with Crippen LogP contribution in [0, 0.1) is 17.7 Å². The summed E-state index contributed by atoms with van der Waals surface area (Å²) in [5.74, 6) is 0.648. The maximum absolute atomic E-state index is 13.4. The smallest absolute Gasteiger partial charge is 0.258 e. The lowest BCUT2D eigenvalue weighted by molar-refractivity contribution is -0.125. The van der Waals surface area contributed by atoms with Gasteiger partial charge in [0, 0.05) is 18.2 Å². The van der Waals surface area contributed by atoms with Crippen molar-refractivity contribution in [2.24, 2.45) is 11.8 Å². The van der Waals surface area contributed by atoms with Gasteiger partial charge in [0.2, 0.25) is 0 Å². The number of hydrogen-bond donors (Lipinski definition) is 4. The highest BCUT2D eigenvalue weighted by atomic mass is 35.5. The minimum absolute atomic E-state index is 0.0254. The summed E-state index contributed by atoms with van der Waals surface area (Å²) in [6.07, 6.45) is 2.79. The Morgan fingerprint density at radius 2 is 2.07 bits per heavy atom. The fraction of sp³-hybridized carbons (Fsp3) is 0.611. The number of nitrogens with one attached hydrogen (secondary N) is 4. The van der Waals surface area contributed by atoms with Crippen molar-refractivity contribution in [3.05, 3.63) is 29.0 Å². The molecule has 0 spiro atoms. The molecule has 3 aliphatic carbocycles. The van der Waals surface area contributed by atoms with Crippen LogP contribution in [-0.2, 0) is 9.53 Å². The maximum atomic E-state index is 13.4. The van der Waals surface area contributed by atoms with Gasteiger partial charge in [0.25, 0.3) is 5.91 Å². The molecular weight excluding hydrogens is 375 g/mol. The SMILES string of the molecule is CC1NNC(N[C@@H]2CC(NC(=O)COc3ccc(Cl)c(F)c3)C3CC2C3)O1. The molecule has 4 aliphatic rings. The monoisotopic (exact) mass is 398 g/mol. The largest absolute Gasteiger partial charge is 0.484 e. The molecule has 2 bridgehead atoms. The third-order valence-electron chi connectivity index (χ3n) is 5.59. The molecule has 1 amide bonds. The van der Waals surface area contributed by atoms with E-state index in [4.69, 9.17) is 21.1 Å². The molecule has 0 aromatic heterocycles. The Bertz CT molecular complexity index is 703. The molecule has 0 radical (unpaired) electrons. The van der Waals surface area contributed by atoms with Crippen molar-refractivity contribution in [3.8, 4) is 5.75 Å². The van der Waals surface area contributed by atoms with Crippen LogP contribution < -0.4 is 26.2 Å². The predicted molar refractivity (Wildman–Crippen MR) is 97.2 cm³/mol. The molecule has 4 N–H and O–H groups in total. The normalized spacial score (nSPS) is 34.8.